The van der Waals surface area contributed by atoms with Crippen molar-refractivity contribution in [1.82, 2.24) is 0 Å². The first kappa shape index (κ1) is 20.8. The van der Waals surface area contributed by atoms with Crippen molar-refractivity contribution in [3.63, 3.8) is 0 Å². The van der Waals surface area contributed by atoms with Crippen molar-refractivity contribution in [1.29, 1.82) is 0 Å². The SMILES string of the molecule is COC(=O)C(C)Oc1ccc(Oc2ccccc2Oc2ccc(Cl)cc2Cl)cc1. The van der Waals surface area contributed by atoms with E-state index in [0.29, 0.717) is 38.8 Å². The number of carbonyl (C=O) groups is 1. The molecule has 150 valence electrons. The van der Waals surface area contributed by atoms with Crippen LogP contribution in [0.1, 0.15) is 6.92 Å². The van der Waals surface area contributed by atoms with Gasteiger partial charge in [0.2, 0.25) is 0 Å². The summed E-state index contributed by atoms with van der Waals surface area (Å²) in [5.74, 6) is 2.12. The van der Waals surface area contributed by atoms with Crippen LogP contribution >= 0.6 is 23.2 Å². The summed E-state index contributed by atoms with van der Waals surface area (Å²) in [6.45, 7) is 1.62. The lowest BCUT2D eigenvalue weighted by Gasteiger charge is -2.14. The van der Waals surface area contributed by atoms with Crippen molar-refractivity contribution < 1.29 is 23.7 Å². The summed E-state index contributed by atoms with van der Waals surface area (Å²) in [6.07, 6.45) is -0.704. The Labute approximate surface area is 178 Å². The smallest absolute Gasteiger partial charge is 0.346 e. The number of para-hydroxylation sites is 2. The van der Waals surface area contributed by atoms with Gasteiger partial charge in [0.05, 0.1) is 12.1 Å². The molecule has 0 spiro atoms. The number of esters is 1. The van der Waals surface area contributed by atoms with Crippen LogP contribution in [-0.2, 0) is 9.53 Å². The van der Waals surface area contributed by atoms with E-state index >= 15 is 0 Å². The minimum absolute atomic E-state index is 0.397. The zero-order chi connectivity index (χ0) is 20.8. The van der Waals surface area contributed by atoms with E-state index in [1.54, 1.807) is 61.5 Å². The van der Waals surface area contributed by atoms with E-state index in [9.17, 15) is 4.79 Å². The maximum absolute atomic E-state index is 11.5. The van der Waals surface area contributed by atoms with Gasteiger partial charge in [-0.3, -0.25) is 0 Å². The Bertz CT molecular complexity index is 989. The molecule has 1 unspecified atom stereocenters. The molecule has 0 radical (unpaired) electrons. The fourth-order valence-electron chi connectivity index (χ4n) is 2.43. The highest BCUT2D eigenvalue weighted by Gasteiger charge is 2.15. The molecular weight excluding hydrogens is 415 g/mol. The first-order valence-electron chi connectivity index (χ1n) is 8.70. The predicted octanol–water partition coefficient (Wildman–Crippen LogP) is 6.52. The zero-order valence-electron chi connectivity index (χ0n) is 15.7. The largest absolute Gasteiger partial charge is 0.479 e. The van der Waals surface area contributed by atoms with E-state index in [0.717, 1.165) is 0 Å². The van der Waals surface area contributed by atoms with Gasteiger partial charge in [-0.1, -0.05) is 35.3 Å². The number of hydrogen-bond donors (Lipinski definition) is 0. The van der Waals surface area contributed by atoms with Crippen LogP contribution in [0.4, 0.5) is 0 Å². The molecule has 3 aromatic rings. The van der Waals surface area contributed by atoms with E-state index < -0.39 is 12.1 Å². The van der Waals surface area contributed by atoms with Gasteiger partial charge in [-0.25, -0.2) is 4.79 Å². The van der Waals surface area contributed by atoms with E-state index in [-0.39, 0.29) is 0 Å². The first-order valence-corrected chi connectivity index (χ1v) is 9.46. The third kappa shape index (κ3) is 5.56. The molecule has 0 saturated carbocycles. The summed E-state index contributed by atoms with van der Waals surface area (Å²) in [6, 6.07) is 19.1. The molecule has 0 aliphatic rings. The van der Waals surface area contributed by atoms with Gasteiger partial charge in [0.15, 0.2) is 17.6 Å². The van der Waals surface area contributed by atoms with Gasteiger partial charge < -0.3 is 18.9 Å². The number of halogens is 2. The lowest BCUT2D eigenvalue weighted by Crippen LogP contribution is -2.24. The second-order valence-electron chi connectivity index (χ2n) is 5.98. The quantitative estimate of drug-likeness (QED) is 0.397. The Morgan fingerprint density at radius 1 is 0.828 bits per heavy atom. The second kappa shape index (κ2) is 9.54. The highest BCUT2D eigenvalue weighted by Crippen LogP contribution is 2.38. The molecule has 0 aliphatic heterocycles. The van der Waals surface area contributed by atoms with Crippen molar-refractivity contribution in [3.05, 3.63) is 76.8 Å². The number of benzene rings is 3. The molecule has 1 atom stereocenters. The van der Waals surface area contributed by atoms with Gasteiger partial charge in [0.25, 0.3) is 0 Å². The van der Waals surface area contributed by atoms with Crippen molar-refractivity contribution in [2.24, 2.45) is 0 Å². The molecule has 0 amide bonds. The molecule has 0 aliphatic carbocycles. The lowest BCUT2D eigenvalue weighted by molar-refractivity contribution is -0.147. The first-order chi connectivity index (χ1) is 14.0. The molecule has 29 heavy (non-hydrogen) atoms. The minimum Gasteiger partial charge on any atom is -0.479 e. The standard InChI is InChI=1S/C22H18Cl2O5/c1-14(22(25)26-2)27-16-8-10-17(11-9-16)28-20-5-3-4-6-21(20)29-19-12-7-15(23)13-18(19)24/h3-14H,1-2H3. The van der Waals surface area contributed by atoms with Crippen LogP contribution in [0, 0.1) is 0 Å². The molecule has 0 saturated heterocycles. The minimum atomic E-state index is -0.704. The van der Waals surface area contributed by atoms with Crippen LogP contribution in [0.25, 0.3) is 0 Å². The van der Waals surface area contributed by atoms with Gasteiger partial charge in [-0.15, -0.1) is 0 Å². The highest BCUT2D eigenvalue weighted by atomic mass is 35.5. The zero-order valence-corrected chi connectivity index (χ0v) is 17.2. The molecule has 0 fully saturated rings. The van der Waals surface area contributed by atoms with Gasteiger partial charge in [-0.05, 0) is 61.5 Å². The monoisotopic (exact) mass is 432 g/mol. The summed E-state index contributed by atoms with van der Waals surface area (Å²) in [5.41, 5.74) is 0. The Balaban J connectivity index is 1.73. The Morgan fingerprint density at radius 2 is 1.45 bits per heavy atom. The van der Waals surface area contributed by atoms with Gasteiger partial charge in [-0.2, -0.15) is 0 Å². The number of carbonyl (C=O) groups excluding carboxylic acids is 1. The molecule has 0 aromatic heterocycles. The number of rotatable bonds is 7. The van der Waals surface area contributed by atoms with Crippen molar-refractivity contribution in [2.45, 2.75) is 13.0 Å². The predicted molar refractivity (Wildman–Crippen MR) is 112 cm³/mol. The molecule has 5 nitrogen and oxygen atoms in total. The van der Waals surface area contributed by atoms with E-state index in [2.05, 4.69) is 4.74 Å². The van der Waals surface area contributed by atoms with Crippen LogP contribution < -0.4 is 14.2 Å². The summed E-state index contributed by atoms with van der Waals surface area (Å²) < 4.78 is 22.0. The average molecular weight is 433 g/mol. The third-order valence-corrected chi connectivity index (χ3v) is 4.39. The molecule has 0 N–H and O–H groups in total. The molecule has 7 heteroatoms. The Morgan fingerprint density at radius 3 is 2.07 bits per heavy atom. The van der Waals surface area contributed by atoms with Crippen LogP contribution in [0.5, 0.6) is 28.7 Å². The topological polar surface area (TPSA) is 54.0 Å². The summed E-state index contributed by atoms with van der Waals surface area (Å²) in [7, 11) is 1.32. The molecule has 0 heterocycles. The molecule has 3 aromatic carbocycles. The van der Waals surface area contributed by atoms with E-state index in [1.807, 2.05) is 12.1 Å². The number of hydrogen-bond acceptors (Lipinski definition) is 5. The summed E-state index contributed by atoms with van der Waals surface area (Å²) in [5, 5.41) is 0.921. The molecular formula is C22H18Cl2O5. The highest BCUT2D eigenvalue weighted by molar-refractivity contribution is 6.35. The van der Waals surface area contributed by atoms with E-state index in [4.69, 9.17) is 37.4 Å². The fourth-order valence-corrected chi connectivity index (χ4v) is 2.87. The van der Waals surface area contributed by atoms with Crippen molar-refractivity contribution in [2.75, 3.05) is 7.11 Å². The summed E-state index contributed by atoms with van der Waals surface area (Å²) >= 11 is 12.1. The van der Waals surface area contributed by atoms with Crippen molar-refractivity contribution in [3.8, 4) is 28.7 Å². The normalized spacial score (nSPS) is 11.4. The maximum Gasteiger partial charge on any atom is 0.346 e. The van der Waals surface area contributed by atoms with Crippen LogP contribution in [0.15, 0.2) is 66.7 Å². The van der Waals surface area contributed by atoms with Gasteiger partial charge >= 0.3 is 5.97 Å². The average Bonchev–Trinajstić information content (AvgIpc) is 2.72. The molecule has 0 bridgehead atoms. The Kier molecular flexibility index (Phi) is 6.86. The fraction of sp³-hybridized carbons (Fsp3) is 0.136. The Hall–Kier alpha value is -2.89. The van der Waals surface area contributed by atoms with Gasteiger partial charge in [0, 0.05) is 5.02 Å². The number of methoxy groups -OCH3 is 1. The van der Waals surface area contributed by atoms with Crippen LogP contribution in [0.3, 0.4) is 0 Å². The summed E-state index contributed by atoms with van der Waals surface area (Å²) in [4.78, 5) is 11.5. The van der Waals surface area contributed by atoms with Gasteiger partial charge in [0.1, 0.15) is 17.2 Å². The molecule has 3 rings (SSSR count). The van der Waals surface area contributed by atoms with E-state index in [1.165, 1.54) is 7.11 Å². The van der Waals surface area contributed by atoms with Crippen molar-refractivity contribution >= 4 is 29.2 Å². The lowest BCUT2D eigenvalue weighted by atomic mass is 10.3. The third-order valence-electron chi connectivity index (χ3n) is 3.86. The number of ether oxygens (including phenoxy) is 4. The van der Waals surface area contributed by atoms with Crippen LogP contribution in [0.2, 0.25) is 10.0 Å². The maximum atomic E-state index is 11.5. The second-order valence-corrected chi connectivity index (χ2v) is 6.82. The van der Waals surface area contributed by atoms with Crippen LogP contribution in [-0.4, -0.2) is 19.2 Å².